The Morgan fingerprint density at radius 1 is 1.67 bits per heavy atom. The van der Waals surface area contributed by atoms with Gasteiger partial charge in [0.05, 0.1) is 5.88 Å². The molecule has 0 spiro atoms. The van der Waals surface area contributed by atoms with Crippen molar-refractivity contribution in [1.29, 1.82) is 0 Å². The minimum atomic E-state index is -2.89. The Morgan fingerprint density at radius 3 is 2.00 bits per heavy atom. The Bertz CT molecular complexity index is 104. The van der Waals surface area contributed by atoms with E-state index in [-0.39, 0.29) is 29.6 Å². The fraction of sp³-hybridized carbons (Fsp3) is 0.667. The van der Waals surface area contributed by atoms with E-state index in [0.717, 1.165) is 0 Å². The topological polar surface area (TPSA) is 80.6 Å². The Balaban J connectivity index is 0. The summed E-state index contributed by atoms with van der Waals surface area (Å²) in [5.41, 5.74) is 0. The standard InChI is InChI=1S/C3H5ClO4.Na/c4-1-3(7,8)2(5)6;/h7-8H,1H2,(H,5,6);/q;+1/p-1. The number of carboxylic acids is 1. The number of carbonyl (C=O) groups is 1. The van der Waals surface area contributed by atoms with Crippen LogP contribution in [-0.4, -0.2) is 27.8 Å². The van der Waals surface area contributed by atoms with E-state index in [1.54, 1.807) is 0 Å². The van der Waals surface area contributed by atoms with Crippen LogP contribution in [0.25, 0.3) is 0 Å². The second-order valence-electron chi connectivity index (χ2n) is 1.24. The molecule has 0 radical (unpaired) electrons. The van der Waals surface area contributed by atoms with Gasteiger partial charge < -0.3 is 20.1 Å². The minimum absolute atomic E-state index is 0. The molecule has 0 aliphatic rings. The van der Waals surface area contributed by atoms with Gasteiger partial charge in [0.25, 0.3) is 0 Å². The van der Waals surface area contributed by atoms with Gasteiger partial charge in [0.15, 0.2) is 0 Å². The second-order valence-corrected chi connectivity index (χ2v) is 1.50. The fourth-order valence-electron chi connectivity index (χ4n) is 0.0546. The zero-order valence-corrected chi connectivity index (χ0v) is 7.55. The van der Waals surface area contributed by atoms with E-state index in [2.05, 4.69) is 0 Å². The number of hydrogen-bond acceptors (Lipinski definition) is 4. The van der Waals surface area contributed by atoms with Gasteiger partial charge in [-0.3, -0.25) is 0 Å². The zero-order valence-electron chi connectivity index (χ0n) is 4.80. The number of hydrogen-bond donors (Lipinski definition) is 2. The Morgan fingerprint density at radius 2 is 2.00 bits per heavy atom. The van der Waals surface area contributed by atoms with Gasteiger partial charge in [-0.25, -0.2) is 0 Å². The molecule has 6 heteroatoms. The third-order valence-corrected chi connectivity index (χ3v) is 0.886. The van der Waals surface area contributed by atoms with E-state index in [4.69, 9.17) is 21.8 Å². The summed E-state index contributed by atoms with van der Waals surface area (Å²) < 4.78 is 0. The van der Waals surface area contributed by atoms with Crippen LogP contribution in [0.15, 0.2) is 0 Å². The zero-order chi connectivity index (χ0) is 6.78. The van der Waals surface area contributed by atoms with E-state index in [0.29, 0.717) is 0 Å². The quantitative estimate of drug-likeness (QED) is 0.241. The average molecular weight is 163 g/mol. The minimum Gasteiger partial charge on any atom is -0.544 e. The summed E-state index contributed by atoms with van der Waals surface area (Å²) in [6.45, 7) is 0. The molecule has 0 unspecified atom stereocenters. The summed E-state index contributed by atoms with van der Waals surface area (Å²) in [5, 5.41) is 25.9. The predicted molar refractivity (Wildman–Crippen MR) is 22.9 cm³/mol. The SMILES string of the molecule is O=C([O-])C(O)(O)CCl.[Na+]. The predicted octanol–water partition coefficient (Wildman–Crippen LogP) is -5.34. The Hall–Kier alpha value is 0.680. The second kappa shape index (κ2) is 4.49. The van der Waals surface area contributed by atoms with Crippen molar-refractivity contribution in [2.75, 3.05) is 5.88 Å². The molecule has 0 aliphatic carbocycles. The fourth-order valence-corrected chi connectivity index (χ4v) is 0.164. The first-order chi connectivity index (χ1) is 3.50. The first kappa shape index (κ1) is 12.4. The number of aliphatic hydroxyl groups is 2. The average Bonchev–Trinajstić information content (AvgIpc) is 1.67. The number of carboxylic acid groups (broad SMARTS) is 1. The molecule has 0 amide bonds. The first-order valence-electron chi connectivity index (χ1n) is 1.73. The molecule has 48 valence electrons. The van der Waals surface area contributed by atoms with Gasteiger partial charge in [-0.15, -0.1) is 11.6 Å². The molecule has 0 aromatic rings. The third kappa shape index (κ3) is 4.13. The molecule has 0 rings (SSSR count). The summed E-state index contributed by atoms with van der Waals surface area (Å²) in [4.78, 5) is 9.56. The summed E-state index contributed by atoms with van der Waals surface area (Å²) in [5.74, 6) is -5.68. The molecule has 2 N–H and O–H groups in total. The number of rotatable bonds is 2. The molecular weight excluding hydrogens is 158 g/mol. The number of halogens is 1. The smallest absolute Gasteiger partial charge is 0.544 e. The molecule has 0 atom stereocenters. The van der Waals surface area contributed by atoms with Crippen molar-refractivity contribution < 1.29 is 49.7 Å². The van der Waals surface area contributed by atoms with Crippen LogP contribution in [0.3, 0.4) is 0 Å². The van der Waals surface area contributed by atoms with Crippen LogP contribution in [0.2, 0.25) is 0 Å². The van der Waals surface area contributed by atoms with E-state index in [1.165, 1.54) is 0 Å². The molecule has 0 aromatic carbocycles. The number of alkyl halides is 1. The van der Waals surface area contributed by atoms with Gasteiger partial charge in [-0.05, 0) is 0 Å². The molecule has 0 aliphatic heterocycles. The maximum atomic E-state index is 9.56. The maximum absolute atomic E-state index is 9.56. The van der Waals surface area contributed by atoms with Crippen molar-refractivity contribution >= 4 is 17.6 Å². The van der Waals surface area contributed by atoms with Crippen molar-refractivity contribution in [3.05, 3.63) is 0 Å². The van der Waals surface area contributed by atoms with Crippen molar-refractivity contribution in [2.45, 2.75) is 5.79 Å². The van der Waals surface area contributed by atoms with Gasteiger partial charge in [0.1, 0.15) is 5.97 Å². The van der Waals surface area contributed by atoms with Crippen molar-refractivity contribution in [3.63, 3.8) is 0 Å². The van der Waals surface area contributed by atoms with Crippen LogP contribution in [0.4, 0.5) is 0 Å². The molecule has 0 saturated carbocycles. The molecule has 9 heavy (non-hydrogen) atoms. The van der Waals surface area contributed by atoms with E-state index in [1.807, 2.05) is 0 Å². The van der Waals surface area contributed by atoms with Crippen LogP contribution in [-0.2, 0) is 4.79 Å². The summed E-state index contributed by atoms with van der Waals surface area (Å²) in [6.07, 6.45) is 0. The molecule has 0 fully saturated rings. The Kier molecular flexibility index (Phi) is 6.17. The monoisotopic (exact) mass is 162 g/mol. The van der Waals surface area contributed by atoms with E-state index >= 15 is 0 Å². The van der Waals surface area contributed by atoms with E-state index in [9.17, 15) is 9.90 Å². The largest absolute Gasteiger partial charge is 1.00 e. The maximum Gasteiger partial charge on any atom is 1.00 e. The summed E-state index contributed by atoms with van der Waals surface area (Å²) in [7, 11) is 0. The van der Waals surface area contributed by atoms with Gasteiger partial charge in [0, 0.05) is 0 Å². The van der Waals surface area contributed by atoms with Gasteiger partial charge in [0.2, 0.25) is 5.79 Å². The molecule has 0 bridgehead atoms. The molecular formula is C3H4ClNaO4. The van der Waals surface area contributed by atoms with Crippen LogP contribution < -0.4 is 34.7 Å². The van der Waals surface area contributed by atoms with Crippen molar-refractivity contribution in [2.24, 2.45) is 0 Å². The van der Waals surface area contributed by atoms with E-state index < -0.39 is 17.6 Å². The first-order valence-corrected chi connectivity index (χ1v) is 2.26. The summed E-state index contributed by atoms with van der Waals surface area (Å²) >= 11 is 4.77. The molecule has 0 aromatic heterocycles. The molecule has 0 saturated heterocycles. The molecule has 0 heterocycles. The third-order valence-electron chi connectivity index (χ3n) is 0.513. The summed E-state index contributed by atoms with van der Waals surface area (Å²) in [6, 6.07) is 0. The normalized spacial score (nSPS) is 10.1. The van der Waals surface area contributed by atoms with Gasteiger partial charge in [-0.1, -0.05) is 0 Å². The van der Waals surface area contributed by atoms with Crippen molar-refractivity contribution in [1.82, 2.24) is 0 Å². The van der Waals surface area contributed by atoms with Crippen molar-refractivity contribution in [3.8, 4) is 0 Å². The van der Waals surface area contributed by atoms with Gasteiger partial charge >= 0.3 is 29.6 Å². The molecule has 4 nitrogen and oxygen atoms in total. The number of carbonyl (C=O) groups excluding carboxylic acids is 1. The van der Waals surface area contributed by atoms with Crippen LogP contribution in [0.5, 0.6) is 0 Å². The van der Waals surface area contributed by atoms with Crippen LogP contribution >= 0.6 is 11.6 Å². The Labute approximate surface area is 78.7 Å². The van der Waals surface area contributed by atoms with Crippen LogP contribution in [0.1, 0.15) is 0 Å². The van der Waals surface area contributed by atoms with Crippen LogP contribution in [0, 0.1) is 0 Å². The number of aliphatic carboxylic acids is 1. The van der Waals surface area contributed by atoms with Gasteiger partial charge in [-0.2, -0.15) is 0 Å².